The number of aromatic nitrogens is 4. The molecule has 1 saturated heterocycles. The number of likely N-dealkylation sites (tertiary alicyclic amines) is 1. The normalized spacial score (nSPS) is 16.7. The van der Waals surface area contributed by atoms with E-state index in [1.807, 2.05) is 23.9 Å². The number of hydrogen-bond donors (Lipinski definition) is 1. The third-order valence-electron chi connectivity index (χ3n) is 5.55. The Morgan fingerprint density at radius 3 is 2.74 bits per heavy atom. The molecule has 4 heterocycles. The maximum atomic E-state index is 13.4. The lowest BCUT2D eigenvalue weighted by Gasteiger charge is -2.26. The van der Waals surface area contributed by atoms with Gasteiger partial charge in [-0.05, 0) is 30.5 Å². The van der Waals surface area contributed by atoms with Crippen molar-refractivity contribution >= 4 is 56.9 Å². The highest BCUT2D eigenvalue weighted by Gasteiger charge is 2.27. The maximum Gasteiger partial charge on any atom is 0.328 e. The molecule has 1 fully saturated rings. The summed E-state index contributed by atoms with van der Waals surface area (Å²) in [5.74, 6) is -0.486. The number of amides is 1. The predicted molar refractivity (Wildman–Crippen MR) is 134 cm³/mol. The van der Waals surface area contributed by atoms with Crippen molar-refractivity contribution in [3.63, 3.8) is 0 Å². The summed E-state index contributed by atoms with van der Waals surface area (Å²) in [5, 5.41) is 13.8. The Morgan fingerprint density at radius 1 is 1.24 bits per heavy atom. The SMILES string of the molecule is CN(C)c1cc(C(=O)N2CCCCC[C@H]2Br)nc2cc(-c3ncc(/C=C/C(=O)O)cc3Cl)nn12. The molecule has 0 saturated carbocycles. The fraction of sp³-hybridized carbons (Fsp3) is 0.348. The average Bonchev–Trinajstić information content (AvgIpc) is 3.10. The van der Waals surface area contributed by atoms with Gasteiger partial charge < -0.3 is 14.9 Å². The van der Waals surface area contributed by atoms with E-state index in [0.29, 0.717) is 45.7 Å². The van der Waals surface area contributed by atoms with Crippen LogP contribution in [0, 0.1) is 0 Å². The molecular formula is C23H24BrClN6O3. The van der Waals surface area contributed by atoms with E-state index in [1.165, 1.54) is 12.3 Å². The zero-order chi connectivity index (χ0) is 24.4. The second-order valence-corrected chi connectivity index (χ2v) is 9.71. The van der Waals surface area contributed by atoms with Gasteiger partial charge in [0.05, 0.1) is 9.97 Å². The second kappa shape index (κ2) is 10.1. The molecule has 0 aromatic carbocycles. The highest BCUT2D eigenvalue weighted by atomic mass is 79.9. The van der Waals surface area contributed by atoms with Crippen molar-refractivity contribution in [2.75, 3.05) is 25.5 Å². The molecule has 1 N–H and O–H groups in total. The number of carbonyl (C=O) groups excluding carboxylic acids is 1. The standard InChI is InChI=1S/C23H24BrClN6O3/c1-29(2)20-12-17(23(34)30-9-5-3-4-6-18(30)24)27-19-11-16(28-31(19)20)22-15(25)10-14(13-26-22)7-8-21(32)33/h7-8,10-13,18H,3-6,9H2,1-2H3,(H,32,33)/b8-7+/t18-/m0/s1. The third-order valence-corrected chi connectivity index (χ3v) is 6.79. The first-order valence-electron chi connectivity index (χ1n) is 10.8. The smallest absolute Gasteiger partial charge is 0.328 e. The molecule has 0 spiro atoms. The Kier molecular flexibility index (Phi) is 7.18. The van der Waals surface area contributed by atoms with Crippen molar-refractivity contribution in [2.24, 2.45) is 0 Å². The van der Waals surface area contributed by atoms with Crippen LogP contribution in [0.5, 0.6) is 0 Å². The second-order valence-electron chi connectivity index (χ2n) is 8.25. The molecule has 0 aliphatic carbocycles. The molecule has 1 atom stereocenters. The van der Waals surface area contributed by atoms with Crippen LogP contribution in [-0.2, 0) is 4.79 Å². The molecule has 0 unspecified atom stereocenters. The first kappa shape index (κ1) is 24.2. The Balaban J connectivity index is 1.74. The number of aliphatic carboxylic acids is 1. The summed E-state index contributed by atoms with van der Waals surface area (Å²) in [6.45, 7) is 0.686. The summed E-state index contributed by atoms with van der Waals surface area (Å²) in [7, 11) is 3.75. The molecule has 178 valence electrons. The zero-order valence-electron chi connectivity index (χ0n) is 18.8. The lowest BCUT2D eigenvalue weighted by molar-refractivity contribution is -0.131. The van der Waals surface area contributed by atoms with Crippen LogP contribution in [0.2, 0.25) is 5.02 Å². The van der Waals surface area contributed by atoms with E-state index in [4.69, 9.17) is 16.7 Å². The number of hydrogen-bond acceptors (Lipinski definition) is 6. The van der Waals surface area contributed by atoms with Gasteiger partial charge in [0.25, 0.3) is 5.91 Å². The fourth-order valence-corrected chi connectivity index (χ4v) is 4.83. The predicted octanol–water partition coefficient (Wildman–Crippen LogP) is 4.35. The Labute approximate surface area is 210 Å². The third kappa shape index (κ3) is 5.07. The van der Waals surface area contributed by atoms with Gasteiger partial charge in [0.2, 0.25) is 0 Å². The summed E-state index contributed by atoms with van der Waals surface area (Å²) in [6, 6.07) is 5.10. The summed E-state index contributed by atoms with van der Waals surface area (Å²) in [6.07, 6.45) is 8.02. The topological polar surface area (TPSA) is 104 Å². The number of halogens is 2. The quantitative estimate of drug-likeness (QED) is 0.288. The summed E-state index contributed by atoms with van der Waals surface area (Å²) in [4.78, 5) is 36.8. The number of pyridine rings is 1. The van der Waals surface area contributed by atoms with E-state index in [0.717, 1.165) is 31.8 Å². The van der Waals surface area contributed by atoms with Gasteiger partial charge in [0, 0.05) is 45.0 Å². The van der Waals surface area contributed by atoms with E-state index in [9.17, 15) is 9.59 Å². The van der Waals surface area contributed by atoms with Gasteiger partial charge in [-0.25, -0.2) is 9.78 Å². The monoisotopic (exact) mass is 546 g/mol. The summed E-state index contributed by atoms with van der Waals surface area (Å²) < 4.78 is 1.65. The van der Waals surface area contributed by atoms with Crippen LogP contribution in [-0.4, -0.2) is 67.1 Å². The van der Waals surface area contributed by atoms with Gasteiger partial charge in [0.15, 0.2) is 5.65 Å². The number of rotatable bonds is 5. The van der Waals surface area contributed by atoms with Crippen molar-refractivity contribution in [3.05, 3.63) is 46.8 Å². The van der Waals surface area contributed by atoms with E-state index in [2.05, 4.69) is 31.0 Å². The van der Waals surface area contributed by atoms with Crippen molar-refractivity contribution in [1.29, 1.82) is 0 Å². The molecular weight excluding hydrogens is 524 g/mol. The molecule has 34 heavy (non-hydrogen) atoms. The molecule has 9 nitrogen and oxygen atoms in total. The first-order chi connectivity index (χ1) is 16.2. The van der Waals surface area contributed by atoms with E-state index in [1.54, 1.807) is 22.7 Å². The molecule has 4 rings (SSSR count). The molecule has 0 bridgehead atoms. The number of carbonyl (C=O) groups is 2. The van der Waals surface area contributed by atoms with Crippen LogP contribution in [0.3, 0.4) is 0 Å². The Morgan fingerprint density at radius 2 is 2.03 bits per heavy atom. The number of alkyl halides is 1. The van der Waals surface area contributed by atoms with Gasteiger partial charge in [-0.3, -0.25) is 9.78 Å². The van der Waals surface area contributed by atoms with Gasteiger partial charge in [-0.1, -0.05) is 40.4 Å². The van der Waals surface area contributed by atoms with Crippen molar-refractivity contribution in [1.82, 2.24) is 24.5 Å². The minimum atomic E-state index is -1.06. The van der Waals surface area contributed by atoms with Crippen molar-refractivity contribution < 1.29 is 14.7 Å². The minimum absolute atomic E-state index is 0.0134. The molecule has 0 radical (unpaired) electrons. The molecule has 3 aromatic heterocycles. The molecule has 1 amide bonds. The van der Waals surface area contributed by atoms with Crippen LogP contribution in [0.1, 0.15) is 41.7 Å². The maximum absolute atomic E-state index is 13.4. The molecule has 3 aromatic rings. The lowest BCUT2D eigenvalue weighted by Crippen LogP contribution is -2.37. The van der Waals surface area contributed by atoms with Crippen LogP contribution in [0.25, 0.3) is 23.1 Å². The number of fused-ring (bicyclic) bond motifs is 1. The highest BCUT2D eigenvalue weighted by Crippen LogP contribution is 2.29. The van der Waals surface area contributed by atoms with Gasteiger partial charge in [-0.15, -0.1) is 0 Å². The fourth-order valence-electron chi connectivity index (χ4n) is 3.85. The molecule has 11 heteroatoms. The van der Waals surface area contributed by atoms with Crippen LogP contribution >= 0.6 is 27.5 Å². The highest BCUT2D eigenvalue weighted by molar-refractivity contribution is 9.09. The lowest BCUT2D eigenvalue weighted by atomic mass is 10.2. The largest absolute Gasteiger partial charge is 0.478 e. The van der Waals surface area contributed by atoms with Gasteiger partial charge >= 0.3 is 5.97 Å². The average molecular weight is 548 g/mol. The van der Waals surface area contributed by atoms with Gasteiger partial charge in [0.1, 0.15) is 22.9 Å². The zero-order valence-corrected chi connectivity index (χ0v) is 21.1. The van der Waals surface area contributed by atoms with Crippen LogP contribution in [0.4, 0.5) is 5.82 Å². The van der Waals surface area contributed by atoms with Crippen molar-refractivity contribution in [2.45, 2.75) is 30.6 Å². The van der Waals surface area contributed by atoms with E-state index >= 15 is 0 Å². The Bertz CT molecular complexity index is 1280. The first-order valence-corrected chi connectivity index (χ1v) is 12.1. The van der Waals surface area contributed by atoms with E-state index < -0.39 is 5.97 Å². The number of carboxylic acid groups (broad SMARTS) is 1. The van der Waals surface area contributed by atoms with Gasteiger partial charge in [-0.2, -0.15) is 9.61 Å². The summed E-state index contributed by atoms with van der Waals surface area (Å²) in [5.41, 5.74) is 2.33. The molecule has 1 aliphatic rings. The van der Waals surface area contributed by atoms with Crippen molar-refractivity contribution in [3.8, 4) is 11.4 Å². The number of nitrogens with zero attached hydrogens (tertiary/aromatic N) is 6. The minimum Gasteiger partial charge on any atom is -0.478 e. The number of carboxylic acids is 1. The van der Waals surface area contributed by atoms with Crippen LogP contribution < -0.4 is 4.90 Å². The van der Waals surface area contributed by atoms with Crippen LogP contribution in [0.15, 0.2) is 30.5 Å². The Hall–Kier alpha value is -2.98. The number of anilines is 1. The van der Waals surface area contributed by atoms with E-state index in [-0.39, 0.29) is 10.9 Å². The molecule has 1 aliphatic heterocycles. The summed E-state index contributed by atoms with van der Waals surface area (Å²) >= 11 is 10.1.